The van der Waals surface area contributed by atoms with Gasteiger partial charge in [-0.15, -0.1) is 0 Å². The zero-order chi connectivity index (χ0) is 22.6. The van der Waals surface area contributed by atoms with Gasteiger partial charge in [-0.05, 0) is 56.5 Å². The molecular weight excluding hydrogens is 456 g/mol. The normalized spacial score (nSPS) is 11.6. The number of carbonyl (C=O) groups excluding carboxylic acids is 2. The Hall–Kier alpha value is -2.34. The van der Waals surface area contributed by atoms with E-state index >= 15 is 0 Å². The molecule has 2 rings (SSSR count). The van der Waals surface area contributed by atoms with E-state index in [1.165, 1.54) is 5.56 Å². The number of amides is 2. The van der Waals surface area contributed by atoms with E-state index in [1.807, 2.05) is 55.5 Å². The molecule has 31 heavy (non-hydrogen) atoms. The first-order chi connectivity index (χ1) is 14.9. The van der Waals surface area contributed by atoms with Crippen molar-refractivity contribution >= 4 is 27.7 Å². The Balaban J connectivity index is 1.97. The van der Waals surface area contributed by atoms with Crippen molar-refractivity contribution in [2.75, 3.05) is 13.2 Å². The van der Waals surface area contributed by atoms with E-state index in [1.54, 1.807) is 11.8 Å². The van der Waals surface area contributed by atoms with Gasteiger partial charge in [-0.25, -0.2) is 0 Å². The van der Waals surface area contributed by atoms with Crippen molar-refractivity contribution in [3.63, 3.8) is 0 Å². The molecule has 0 radical (unpaired) electrons. The summed E-state index contributed by atoms with van der Waals surface area (Å²) < 4.78 is 6.69. The SMILES string of the molecule is CCCCNC(=O)[C@H](C)N(Cc1cccc(Br)c1)C(=O)CCCOc1ccc(C)cc1. The van der Waals surface area contributed by atoms with Gasteiger partial charge in [-0.3, -0.25) is 9.59 Å². The van der Waals surface area contributed by atoms with Crippen LogP contribution in [0.3, 0.4) is 0 Å². The molecule has 1 N–H and O–H groups in total. The molecule has 5 nitrogen and oxygen atoms in total. The number of carbonyl (C=O) groups is 2. The number of hydrogen-bond donors (Lipinski definition) is 1. The van der Waals surface area contributed by atoms with Gasteiger partial charge in [0, 0.05) is 24.0 Å². The zero-order valence-electron chi connectivity index (χ0n) is 18.7. The van der Waals surface area contributed by atoms with Gasteiger partial charge in [0.1, 0.15) is 11.8 Å². The fraction of sp³-hybridized carbons (Fsp3) is 0.440. The molecule has 0 saturated heterocycles. The van der Waals surface area contributed by atoms with E-state index < -0.39 is 6.04 Å². The van der Waals surface area contributed by atoms with Crippen LogP contribution in [0, 0.1) is 6.92 Å². The maximum atomic E-state index is 13.0. The number of ether oxygens (including phenoxy) is 1. The highest BCUT2D eigenvalue weighted by Crippen LogP contribution is 2.17. The van der Waals surface area contributed by atoms with Gasteiger partial charge >= 0.3 is 0 Å². The second-order valence-corrected chi connectivity index (χ2v) is 8.65. The van der Waals surface area contributed by atoms with Crippen molar-refractivity contribution in [2.45, 2.75) is 59.0 Å². The number of hydrogen-bond acceptors (Lipinski definition) is 3. The summed E-state index contributed by atoms with van der Waals surface area (Å²) in [6.45, 7) is 7.37. The average molecular weight is 489 g/mol. The number of benzene rings is 2. The smallest absolute Gasteiger partial charge is 0.242 e. The highest BCUT2D eigenvalue weighted by molar-refractivity contribution is 9.10. The van der Waals surface area contributed by atoms with Crippen LogP contribution >= 0.6 is 15.9 Å². The van der Waals surface area contributed by atoms with Crippen molar-refractivity contribution in [1.29, 1.82) is 0 Å². The maximum Gasteiger partial charge on any atom is 0.242 e. The Morgan fingerprint density at radius 3 is 2.55 bits per heavy atom. The third-order valence-corrected chi connectivity index (χ3v) is 5.56. The quantitative estimate of drug-likeness (QED) is 0.415. The molecule has 0 aromatic heterocycles. The lowest BCUT2D eigenvalue weighted by atomic mass is 10.1. The van der Waals surface area contributed by atoms with Gasteiger partial charge in [-0.2, -0.15) is 0 Å². The van der Waals surface area contributed by atoms with E-state index in [2.05, 4.69) is 28.2 Å². The maximum absolute atomic E-state index is 13.0. The fourth-order valence-corrected chi connectivity index (χ4v) is 3.59. The van der Waals surface area contributed by atoms with E-state index in [0.717, 1.165) is 28.6 Å². The molecule has 2 aromatic carbocycles. The lowest BCUT2D eigenvalue weighted by Crippen LogP contribution is -2.47. The van der Waals surface area contributed by atoms with Crippen LogP contribution < -0.4 is 10.1 Å². The zero-order valence-corrected chi connectivity index (χ0v) is 20.3. The first-order valence-electron chi connectivity index (χ1n) is 10.9. The first kappa shape index (κ1) is 24.9. The van der Waals surface area contributed by atoms with Crippen LogP contribution in [0.25, 0.3) is 0 Å². The summed E-state index contributed by atoms with van der Waals surface area (Å²) in [7, 11) is 0. The van der Waals surface area contributed by atoms with Crippen molar-refractivity contribution in [3.8, 4) is 5.75 Å². The van der Waals surface area contributed by atoms with Gasteiger partial charge in [0.05, 0.1) is 6.61 Å². The van der Waals surface area contributed by atoms with Gasteiger partial charge in [0.2, 0.25) is 11.8 Å². The highest BCUT2D eigenvalue weighted by Gasteiger charge is 2.25. The summed E-state index contributed by atoms with van der Waals surface area (Å²) >= 11 is 3.48. The first-order valence-corrected chi connectivity index (χ1v) is 11.7. The molecule has 0 bridgehead atoms. The van der Waals surface area contributed by atoms with Crippen LogP contribution in [0.2, 0.25) is 0 Å². The topological polar surface area (TPSA) is 58.6 Å². The molecule has 2 aromatic rings. The summed E-state index contributed by atoms with van der Waals surface area (Å²) in [6, 6.07) is 15.1. The minimum absolute atomic E-state index is 0.0503. The molecule has 0 aliphatic rings. The molecule has 0 spiro atoms. The molecule has 0 heterocycles. The molecule has 0 aliphatic heterocycles. The van der Waals surface area contributed by atoms with Crippen LogP contribution in [0.5, 0.6) is 5.75 Å². The van der Waals surface area contributed by atoms with Gasteiger partial charge < -0.3 is 15.0 Å². The van der Waals surface area contributed by atoms with Crippen molar-refractivity contribution in [3.05, 3.63) is 64.1 Å². The third-order valence-electron chi connectivity index (χ3n) is 5.06. The summed E-state index contributed by atoms with van der Waals surface area (Å²) in [4.78, 5) is 27.3. The minimum Gasteiger partial charge on any atom is -0.494 e. The Bertz CT molecular complexity index is 839. The second-order valence-electron chi connectivity index (χ2n) is 7.74. The number of unbranched alkanes of at least 4 members (excludes halogenated alkanes) is 1. The lowest BCUT2D eigenvalue weighted by molar-refractivity contribution is -0.140. The number of aryl methyl sites for hydroxylation is 1. The van der Waals surface area contributed by atoms with Crippen LogP contribution in [0.15, 0.2) is 53.0 Å². The molecule has 6 heteroatoms. The van der Waals surface area contributed by atoms with Gasteiger partial charge in [0.15, 0.2) is 0 Å². The molecular formula is C25H33BrN2O3. The van der Waals surface area contributed by atoms with Crippen LogP contribution in [-0.4, -0.2) is 35.9 Å². The summed E-state index contributed by atoms with van der Waals surface area (Å²) in [5.74, 6) is 0.631. The minimum atomic E-state index is -0.540. The van der Waals surface area contributed by atoms with E-state index in [9.17, 15) is 9.59 Å². The average Bonchev–Trinajstić information content (AvgIpc) is 2.76. The Morgan fingerprint density at radius 1 is 1.13 bits per heavy atom. The molecule has 1 atom stereocenters. The predicted octanol–water partition coefficient (Wildman–Crippen LogP) is 5.25. The second kappa shape index (κ2) is 13.2. The molecule has 0 aliphatic carbocycles. The van der Waals surface area contributed by atoms with E-state index in [4.69, 9.17) is 4.74 Å². The fourth-order valence-electron chi connectivity index (χ4n) is 3.14. The van der Waals surface area contributed by atoms with E-state index in [0.29, 0.717) is 32.5 Å². The van der Waals surface area contributed by atoms with Crippen LogP contribution in [-0.2, 0) is 16.1 Å². The number of nitrogens with zero attached hydrogens (tertiary/aromatic N) is 1. The van der Waals surface area contributed by atoms with Gasteiger partial charge in [0.25, 0.3) is 0 Å². The lowest BCUT2D eigenvalue weighted by Gasteiger charge is -2.29. The Morgan fingerprint density at radius 2 is 1.87 bits per heavy atom. The van der Waals surface area contributed by atoms with Crippen molar-refractivity contribution in [1.82, 2.24) is 10.2 Å². The molecule has 0 unspecified atom stereocenters. The van der Waals surface area contributed by atoms with Crippen molar-refractivity contribution in [2.24, 2.45) is 0 Å². The highest BCUT2D eigenvalue weighted by atomic mass is 79.9. The number of rotatable bonds is 12. The van der Waals surface area contributed by atoms with E-state index in [-0.39, 0.29) is 11.8 Å². The molecule has 2 amide bonds. The Labute approximate surface area is 194 Å². The molecule has 168 valence electrons. The summed E-state index contributed by atoms with van der Waals surface area (Å²) in [5, 5.41) is 2.94. The third kappa shape index (κ3) is 8.74. The summed E-state index contributed by atoms with van der Waals surface area (Å²) in [6.07, 6.45) is 2.85. The Kier molecular flexibility index (Phi) is 10.6. The van der Waals surface area contributed by atoms with Crippen molar-refractivity contribution < 1.29 is 14.3 Å². The monoisotopic (exact) mass is 488 g/mol. The van der Waals surface area contributed by atoms with Crippen LogP contribution in [0.1, 0.15) is 50.7 Å². The standard InChI is InChI=1S/C25H33BrN2O3/c1-4-5-15-27-25(30)20(3)28(18-21-8-6-9-22(26)17-21)24(29)10-7-16-31-23-13-11-19(2)12-14-23/h6,8-9,11-14,17,20H,4-5,7,10,15-16,18H2,1-3H3,(H,27,30)/t20-/m0/s1. The molecule has 0 fully saturated rings. The molecule has 0 saturated carbocycles. The summed E-state index contributed by atoms with van der Waals surface area (Å²) in [5.41, 5.74) is 2.16. The van der Waals surface area contributed by atoms with Crippen LogP contribution in [0.4, 0.5) is 0 Å². The van der Waals surface area contributed by atoms with Gasteiger partial charge in [-0.1, -0.05) is 59.1 Å². The number of halogens is 1. The number of nitrogens with one attached hydrogen (secondary N) is 1. The predicted molar refractivity (Wildman–Crippen MR) is 128 cm³/mol. The largest absolute Gasteiger partial charge is 0.494 e.